The molecule has 1 aliphatic carbocycles. The Labute approximate surface area is 128 Å². The van der Waals surface area contributed by atoms with Gasteiger partial charge in [-0.05, 0) is 24.7 Å². The monoisotopic (exact) mass is 319 g/mol. The van der Waals surface area contributed by atoms with Gasteiger partial charge < -0.3 is 15.4 Å². The van der Waals surface area contributed by atoms with E-state index in [0.717, 1.165) is 12.5 Å². The summed E-state index contributed by atoms with van der Waals surface area (Å²) in [6.07, 6.45) is 6.33. The number of hydrogen-bond donors (Lipinski definition) is 2. The largest absolute Gasteiger partial charge is 0.379 e. The van der Waals surface area contributed by atoms with Crippen molar-refractivity contribution in [2.45, 2.75) is 32.6 Å². The summed E-state index contributed by atoms with van der Waals surface area (Å²) in [6.45, 7) is 4.52. The van der Waals surface area contributed by atoms with Crippen molar-refractivity contribution in [3.8, 4) is 0 Å². The summed E-state index contributed by atoms with van der Waals surface area (Å²) in [7, 11) is -1.19. The van der Waals surface area contributed by atoms with Gasteiger partial charge in [-0.1, -0.05) is 13.3 Å². The molecular formula is C14H29N3O3S. The minimum Gasteiger partial charge on any atom is -0.379 e. The summed E-state index contributed by atoms with van der Waals surface area (Å²) < 4.78 is 27.1. The fraction of sp³-hybridized carbons (Fsp3) is 0.929. The van der Waals surface area contributed by atoms with Crippen LogP contribution in [0.4, 0.5) is 0 Å². The summed E-state index contributed by atoms with van der Waals surface area (Å²) in [4.78, 5) is 4.18. The van der Waals surface area contributed by atoms with Crippen molar-refractivity contribution in [2.75, 3.05) is 45.4 Å². The van der Waals surface area contributed by atoms with Gasteiger partial charge in [-0.2, -0.15) is 0 Å². The van der Waals surface area contributed by atoms with Crippen LogP contribution in [0.2, 0.25) is 0 Å². The Morgan fingerprint density at radius 3 is 2.48 bits per heavy atom. The zero-order chi connectivity index (χ0) is 15.8. The molecule has 1 saturated carbocycles. The first-order chi connectivity index (χ1) is 9.91. The first-order valence-electron chi connectivity index (χ1n) is 7.61. The van der Waals surface area contributed by atoms with Gasteiger partial charge in [-0.25, -0.2) is 8.42 Å². The van der Waals surface area contributed by atoms with Crippen molar-refractivity contribution in [1.29, 1.82) is 0 Å². The van der Waals surface area contributed by atoms with E-state index < -0.39 is 9.84 Å². The van der Waals surface area contributed by atoms with Gasteiger partial charge >= 0.3 is 0 Å². The molecule has 0 aromatic carbocycles. The highest BCUT2D eigenvalue weighted by Crippen LogP contribution is 2.42. The molecule has 0 atom stereocenters. The second-order valence-corrected chi connectivity index (χ2v) is 8.06. The van der Waals surface area contributed by atoms with E-state index in [0.29, 0.717) is 18.6 Å². The van der Waals surface area contributed by atoms with Crippen molar-refractivity contribution >= 4 is 15.8 Å². The predicted molar refractivity (Wildman–Crippen MR) is 86.5 cm³/mol. The molecule has 1 fully saturated rings. The quantitative estimate of drug-likeness (QED) is 0.373. The minimum absolute atomic E-state index is 0.0684. The first-order valence-corrected chi connectivity index (χ1v) is 9.67. The molecule has 0 radical (unpaired) electrons. The highest BCUT2D eigenvalue weighted by Gasteiger charge is 2.34. The maximum atomic E-state index is 10.9. The molecule has 0 spiro atoms. The number of aliphatic imine (C=N–C) groups is 1. The van der Waals surface area contributed by atoms with Crippen LogP contribution in [-0.4, -0.2) is 59.7 Å². The smallest absolute Gasteiger partial charge is 0.191 e. The maximum absolute atomic E-state index is 10.9. The highest BCUT2D eigenvalue weighted by molar-refractivity contribution is 7.90. The lowest BCUT2D eigenvalue weighted by Crippen LogP contribution is -2.46. The van der Waals surface area contributed by atoms with Gasteiger partial charge in [0, 0.05) is 26.4 Å². The molecular weight excluding hydrogens is 290 g/mol. The standard InChI is InChI=1S/C14H29N3O3S/c1-4-14(6-5-7-14)12-17-13(15-2)16-8-9-20-10-11-21(3,18)19/h4-12H2,1-3H3,(H2,15,16,17). The first kappa shape index (κ1) is 18.2. The zero-order valence-electron chi connectivity index (χ0n) is 13.4. The van der Waals surface area contributed by atoms with E-state index in [4.69, 9.17) is 4.74 Å². The number of nitrogens with one attached hydrogen (secondary N) is 2. The molecule has 0 heterocycles. The SMILES string of the molecule is CCC1(CNC(=NC)NCCOCCS(C)(=O)=O)CCC1. The Morgan fingerprint density at radius 1 is 1.29 bits per heavy atom. The van der Waals surface area contributed by atoms with Crippen molar-refractivity contribution in [3.63, 3.8) is 0 Å². The maximum Gasteiger partial charge on any atom is 0.191 e. The van der Waals surface area contributed by atoms with E-state index in [1.165, 1.54) is 31.9 Å². The third kappa shape index (κ3) is 7.13. The Hall–Kier alpha value is -0.820. The molecule has 1 aliphatic rings. The van der Waals surface area contributed by atoms with E-state index in [-0.39, 0.29) is 12.4 Å². The van der Waals surface area contributed by atoms with Crippen LogP contribution in [-0.2, 0) is 14.6 Å². The van der Waals surface area contributed by atoms with Crippen LogP contribution in [0.25, 0.3) is 0 Å². The topological polar surface area (TPSA) is 79.8 Å². The van der Waals surface area contributed by atoms with Gasteiger partial charge in [-0.3, -0.25) is 4.99 Å². The lowest BCUT2D eigenvalue weighted by molar-refractivity contribution is 0.131. The van der Waals surface area contributed by atoms with Crippen LogP contribution in [0.1, 0.15) is 32.6 Å². The number of hydrogen-bond acceptors (Lipinski definition) is 4. The molecule has 6 nitrogen and oxygen atoms in total. The van der Waals surface area contributed by atoms with Gasteiger partial charge in [0.25, 0.3) is 0 Å². The summed E-state index contributed by atoms with van der Waals surface area (Å²) in [5.74, 6) is 0.848. The molecule has 7 heteroatoms. The van der Waals surface area contributed by atoms with Crippen molar-refractivity contribution in [2.24, 2.45) is 10.4 Å². The normalized spacial score (nSPS) is 18.1. The van der Waals surface area contributed by atoms with Gasteiger partial charge in [0.05, 0.1) is 19.0 Å². The molecule has 2 N–H and O–H groups in total. The summed E-state index contributed by atoms with van der Waals surface area (Å²) >= 11 is 0. The fourth-order valence-electron chi connectivity index (χ4n) is 2.38. The van der Waals surface area contributed by atoms with Crippen LogP contribution >= 0.6 is 0 Å². The van der Waals surface area contributed by atoms with Crippen LogP contribution < -0.4 is 10.6 Å². The van der Waals surface area contributed by atoms with E-state index >= 15 is 0 Å². The van der Waals surface area contributed by atoms with Gasteiger partial charge in [0.1, 0.15) is 9.84 Å². The zero-order valence-corrected chi connectivity index (χ0v) is 14.3. The van der Waals surface area contributed by atoms with E-state index in [2.05, 4.69) is 22.5 Å². The third-order valence-corrected chi connectivity index (χ3v) is 5.06. The van der Waals surface area contributed by atoms with E-state index in [9.17, 15) is 8.42 Å². The lowest BCUT2D eigenvalue weighted by atomic mass is 9.67. The average Bonchev–Trinajstić information content (AvgIpc) is 2.38. The van der Waals surface area contributed by atoms with Gasteiger partial charge in [-0.15, -0.1) is 0 Å². The van der Waals surface area contributed by atoms with Crippen molar-refractivity contribution < 1.29 is 13.2 Å². The molecule has 0 saturated heterocycles. The molecule has 124 valence electrons. The lowest BCUT2D eigenvalue weighted by Gasteiger charge is -2.41. The minimum atomic E-state index is -2.94. The molecule has 0 bridgehead atoms. The molecule has 0 aromatic heterocycles. The highest BCUT2D eigenvalue weighted by atomic mass is 32.2. The number of ether oxygens (including phenoxy) is 1. The number of nitrogens with zero attached hydrogens (tertiary/aromatic N) is 1. The van der Waals surface area contributed by atoms with Crippen LogP contribution in [0, 0.1) is 5.41 Å². The summed E-state index contributed by atoms with van der Waals surface area (Å²) in [5, 5.41) is 6.54. The van der Waals surface area contributed by atoms with Crippen molar-refractivity contribution in [1.82, 2.24) is 10.6 Å². The van der Waals surface area contributed by atoms with E-state index in [1.807, 2.05) is 0 Å². The molecule has 1 rings (SSSR count). The Morgan fingerprint density at radius 2 is 2.00 bits per heavy atom. The molecule has 0 aromatic rings. The average molecular weight is 319 g/mol. The fourth-order valence-corrected chi connectivity index (χ4v) is 2.80. The second-order valence-electron chi connectivity index (χ2n) is 5.80. The van der Waals surface area contributed by atoms with Gasteiger partial charge in [0.15, 0.2) is 5.96 Å². The molecule has 0 unspecified atom stereocenters. The Balaban J connectivity index is 2.12. The number of rotatable bonds is 9. The molecule has 21 heavy (non-hydrogen) atoms. The summed E-state index contributed by atoms with van der Waals surface area (Å²) in [5.41, 5.74) is 0.448. The number of sulfone groups is 1. The molecule has 0 amide bonds. The second kappa shape index (κ2) is 8.58. The third-order valence-electron chi connectivity index (χ3n) is 4.16. The van der Waals surface area contributed by atoms with Crippen LogP contribution in [0.3, 0.4) is 0 Å². The number of guanidine groups is 1. The Kier molecular flexibility index (Phi) is 7.45. The Bertz CT molecular complexity index is 425. The van der Waals surface area contributed by atoms with E-state index in [1.54, 1.807) is 7.05 Å². The van der Waals surface area contributed by atoms with Crippen molar-refractivity contribution in [3.05, 3.63) is 0 Å². The molecule has 0 aliphatic heterocycles. The van der Waals surface area contributed by atoms with Crippen LogP contribution in [0.15, 0.2) is 4.99 Å². The van der Waals surface area contributed by atoms with Gasteiger partial charge in [0.2, 0.25) is 0 Å². The predicted octanol–water partition coefficient (Wildman–Crippen LogP) is 0.793. The summed E-state index contributed by atoms with van der Waals surface area (Å²) in [6, 6.07) is 0. The van der Waals surface area contributed by atoms with Crippen LogP contribution in [0.5, 0.6) is 0 Å².